The van der Waals surface area contributed by atoms with Gasteiger partial charge in [0.15, 0.2) is 0 Å². The Kier molecular flexibility index (Phi) is 7.16. The number of ether oxygens (including phenoxy) is 1. The molecule has 2 amide bonds. The third kappa shape index (κ3) is 5.26. The van der Waals surface area contributed by atoms with Crippen LogP contribution in [-0.4, -0.2) is 23.9 Å². The van der Waals surface area contributed by atoms with Gasteiger partial charge in [0.2, 0.25) is 0 Å². The molecular weight excluding hydrogens is 444 g/mol. The number of carbonyl (C=O) groups is 3. The van der Waals surface area contributed by atoms with E-state index in [2.05, 4.69) is 10.6 Å². The van der Waals surface area contributed by atoms with Crippen LogP contribution in [0.2, 0.25) is 0 Å². The van der Waals surface area contributed by atoms with Crippen molar-refractivity contribution in [1.29, 1.82) is 0 Å². The number of hydrogen-bond donors (Lipinski definition) is 2. The Morgan fingerprint density at radius 2 is 1.69 bits per heavy atom. The molecule has 0 aliphatic carbocycles. The number of amides is 2. The van der Waals surface area contributed by atoms with Gasteiger partial charge in [0.05, 0.1) is 22.1 Å². The first-order chi connectivity index (χ1) is 15.1. The van der Waals surface area contributed by atoms with Gasteiger partial charge in [-0.1, -0.05) is 17.7 Å². The van der Waals surface area contributed by atoms with Crippen LogP contribution in [0.5, 0.6) is 0 Å². The highest BCUT2D eigenvalue weighted by Crippen LogP contribution is 2.35. The summed E-state index contributed by atoms with van der Waals surface area (Å²) in [6.45, 7) is 11.0. The molecule has 0 spiro atoms. The van der Waals surface area contributed by atoms with Gasteiger partial charge in [-0.2, -0.15) is 0 Å². The second-order valence-corrected chi connectivity index (χ2v) is 10.0. The fourth-order valence-electron chi connectivity index (χ4n) is 3.21. The van der Waals surface area contributed by atoms with Gasteiger partial charge in [-0.05, 0) is 64.8 Å². The maximum Gasteiger partial charge on any atom is 0.341 e. The summed E-state index contributed by atoms with van der Waals surface area (Å²) in [6.07, 6.45) is -0.336. The molecule has 2 heterocycles. The van der Waals surface area contributed by atoms with Gasteiger partial charge in [0, 0.05) is 15.9 Å². The summed E-state index contributed by atoms with van der Waals surface area (Å²) in [6, 6.07) is 7.53. The van der Waals surface area contributed by atoms with E-state index in [0.29, 0.717) is 26.7 Å². The highest BCUT2D eigenvalue weighted by molar-refractivity contribution is 7.19. The average molecular weight is 471 g/mol. The summed E-state index contributed by atoms with van der Waals surface area (Å²) in [4.78, 5) is 40.0. The van der Waals surface area contributed by atoms with E-state index in [4.69, 9.17) is 4.74 Å². The number of aryl methyl sites for hydroxylation is 3. The Labute approximate surface area is 195 Å². The van der Waals surface area contributed by atoms with E-state index < -0.39 is 5.97 Å². The molecule has 1 aromatic carbocycles. The molecule has 0 aliphatic rings. The fraction of sp³-hybridized carbons (Fsp3) is 0.292. The molecule has 0 radical (unpaired) electrons. The van der Waals surface area contributed by atoms with Crippen LogP contribution in [0.15, 0.2) is 29.6 Å². The Hall–Kier alpha value is -2.97. The maximum atomic E-state index is 13.1. The highest BCUT2D eigenvalue weighted by atomic mass is 32.1. The smallest absolute Gasteiger partial charge is 0.341 e. The van der Waals surface area contributed by atoms with Gasteiger partial charge < -0.3 is 15.4 Å². The number of nitrogens with one attached hydrogen (secondary N) is 2. The van der Waals surface area contributed by atoms with Gasteiger partial charge in [-0.25, -0.2) is 4.79 Å². The number of esters is 1. The largest absolute Gasteiger partial charge is 0.459 e. The second kappa shape index (κ2) is 9.67. The molecule has 0 fully saturated rings. The molecule has 168 valence electrons. The van der Waals surface area contributed by atoms with Gasteiger partial charge in [-0.15, -0.1) is 22.7 Å². The standard InChI is InChI=1S/C24H26N2O4S2/c1-12(2)30-24(29)19-16(6)20(22(28)25-18-8-7-13(3)9-14(18)4)32-23(19)26-21(27)17-10-15(5)31-11-17/h7-12H,1-6H3,(H,25,28)(H,26,27). The van der Waals surface area contributed by atoms with Crippen molar-refractivity contribution >= 4 is 51.1 Å². The SMILES string of the molecule is Cc1ccc(NC(=O)c2sc(NC(=O)c3csc(C)c3)c(C(=O)OC(C)C)c2C)c(C)c1. The lowest BCUT2D eigenvalue weighted by Gasteiger charge is -2.10. The van der Waals surface area contributed by atoms with Crippen LogP contribution in [0, 0.1) is 27.7 Å². The van der Waals surface area contributed by atoms with Crippen LogP contribution >= 0.6 is 22.7 Å². The fourth-order valence-corrected chi connectivity index (χ4v) is 4.98. The van der Waals surface area contributed by atoms with E-state index in [1.54, 1.807) is 32.2 Å². The Bertz CT molecular complexity index is 1190. The zero-order valence-corrected chi connectivity index (χ0v) is 20.5. The Morgan fingerprint density at radius 1 is 0.969 bits per heavy atom. The van der Waals surface area contributed by atoms with Crippen molar-refractivity contribution in [3.05, 3.63) is 67.2 Å². The predicted molar refractivity (Wildman–Crippen MR) is 130 cm³/mol. The lowest BCUT2D eigenvalue weighted by atomic mass is 10.1. The van der Waals surface area contributed by atoms with E-state index in [1.165, 1.54) is 11.3 Å². The van der Waals surface area contributed by atoms with Crippen molar-refractivity contribution in [2.24, 2.45) is 0 Å². The molecule has 0 bridgehead atoms. The van der Waals surface area contributed by atoms with Gasteiger partial charge >= 0.3 is 5.97 Å². The van der Waals surface area contributed by atoms with E-state index in [0.717, 1.165) is 27.3 Å². The predicted octanol–water partition coefficient (Wildman–Crippen LogP) is 6.11. The summed E-state index contributed by atoms with van der Waals surface area (Å²) in [5.41, 5.74) is 3.91. The van der Waals surface area contributed by atoms with Crippen molar-refractivity contribution in [3.63, 3.8) is 0 Å². The topological polar surface area (TPSA) is 84.5 Å². The first-order valence-corrected chi connectivity index (χ1v) is 11.9. The minimum absolute atomic E-state index is 0.203. The lowest BCUT2D eigenvalue weighted by molar-refractivity contribution is 0.0379. The molecular formula is C24H26N2O4S2. The maximum absolute atomic E-state index is 13.1. The van der Waals surface area contributed by atoms with E-state index in [9.17, 15) is 14.4 Å². The summed E-state index contributed by atoms with van der Waals surface area (Å²) < 4.78 is 5.38. The van der Waals surface area contributed by atoms with Crippen molar-refractivity contribution in [1.82, 2.24) is 0 Å². The van der Waals surface area contributed by atoms with E-state index in [-0.39, 0.29) is 23.5 Å². The molecule has 3 aromatic rings. The summed E-state index contributed by atoms with van der Waals surface area (Å²) in [7, 11) is 0. The Balaban J connectivity index is 1.96. The third-order valence-corrected chi connectivity index (χ3v) is 6.82. The quantitative estimate of drug-likeness (QED) is 0.426. The summed E-state index contributed by atoms with van der Waals surface area (Å²) >= 11 is 2.53. The molecule has 8 heteroatoms. The van der Waals surface area contributed by atoms with Crippen LogP contribution in [0.4, 0.5) is 10.7 Å². The van der Waals surface area contributed by atoms with Gasteiger partial charge in [-0.3, -0.25) is 9.59 Å². The number of benzene rings is 1. The lowest BCUT2D eigenvalue weighted by Crippen LogP contribution is -2.17. The first-order valence-electron chi connectivity index (χ1n) is 10.2. The zero-order valence-electron chi connectivity index (χ0n) is 18.9. The molecule has 0 atom stereocenters. The van der Waals surface area contributed by atoms with Crippen molar-refractivity contribution in [3.8, 4) is 0 Å². The zero-order chi connectivity index (χ0) is 23.6. The molecule has 0 unspecified atom stereocenters. The molecule has 32 heavy (non-hydrogen) atoms. The monoisotopic (exact) mass is 470 g/mol. The molecule has 0 aliphatic heterocycles. The van der Waals surface area contributed by atoms with Crippen molar-refractivity contribution in [2.75, 3.05) is 10.6 Å². The molecule has 3 rings (SSSR count). The average Bonchev–Trinajstić information content (AvgIpc) is 3.27. The number of thiophene rings is 2. The molecule has 2 aromatic heterocycles. The van der Waals surface area contributed by atoms with Crippen LogP contribution in [-0.2, 0) is 4.74 Å². The summed E-state index contributed by atoms with van der Waals surface area (Å²) in [5.74, 6) is -1.25. The minimum atomic E-state index is -0.573. The number of hydrogen-bond acceptors (Lipinski definition) is 6. The number of rotatable bonds is 6. The molecule has 6 nitrogen and oxygen atoms in total. The van der Waals surface area contributed by atoms with Crippen molar-refractivity contribution < 1.29 is 19.1 Å². The van der Waals surface area contributed by atoms with Crippen molar-refractivity contribution in [2.45, 2.75) is 47.6 Å². The van der Waals surface area contributed by atoms with Gasteiger partial charge in [0.1, 0.15) is 5.00 Å². The number of carbonyl (C=O) groups excluding carboxylic acids is 3. The van der Waals surface area contributed by atoms with Crippen LogP contribution in [0.1, 0.15) is 65.8 Å². The number of anilines is 2. The summed E-state index contributed by atoms with van der Waals surface area (Å²) in [5, 5.41) is 7.76. The molecule has 0 saturated heterocycles. The Morgan fingerprint density at radius 3 is 2.28 bits per heavy atom. The van der Waals surface area contributed by atoms with Gasteiger partial charge in [0.25, 0.3) is 11.8 Å². The van der Waals surface area contributed by atoms with Crippen LogP contribution < -0.4 is 10.6 Å². The highest BCUT2D eigenvalue weighted by Gasteiger charge is 2.28. The second-order valence-electron chi connectivity index (χ2n) is 7.89. The van der Waals surface area contributed by atoms with Crippen LogP contribution in [0.3, 0.4) is 0 Å². The molecule has 2 N–H and O–H groups in total. The third-order valence-electron chi connectivity index (χ3n) is 4.75. The van der Waals surface area contributed by atoms with Crippen LogP contribution in [0.25, 0.3) is 0 Å². The molecule has 0 saturated carbocycles. The minimum Gasteiger partial charge on any atom is -0.459 e. The normalized spacial score (nSPS) is 10.8. The first kappa shape index (κ1) is 23.7. The van der Waals surface area contributed by atoms with E-state index >= 15 is 0 Å². The van der Waals surface area contributed by atoms with E-state index in [1.807, 2.05) is 39.0 Å².